The van der Waals surface area contributed by atoms with Gasteiger partial charge in [-0.15, -0.1) is 0 Å². The van der Waals surface area contributed by atoms with Gasteiger partial charge >= 0.3 is 5.97 Å². The lowest BCUT2D eigenvalue weighted by atomic mass is 9.53. The van der Waals surface area contributed by atoms with Gasteiger partial charge in [0.15, 0.2) is 0 Å². The van der Waals surface area contributed by atoms with Crippen LogP contribution < -0.4 is 0 Å². The fourth-order valence-corrected chi connectivity index (χ4v) is 9.37. The van der Waals surface area contributed by atoms with E-state index in [-0.39, 0.29) is 67.2 Å². The molecule has 2 bridgehead atoms. The first kappa shape index (κ1) is 40.6. The summed E-state index contributed by atoms with van der Waals surface area (Å²) >= 11 is 0. The Morgan fingerprint density at radius 3 is 2.24 bits per heavy atom. The van der Waals surface area contributed by atoms with Gasteiger partial charge in [0.25, 0.3) is 0 Å². The molecule has 4 aliphatic rings. The average molecular weight is 701 g/mol. The molecule has 11 atom stereocenters. The summed E-state index contributed by atoms with van der Waals surface area (Å²) in [4.78, 5) is 57.4. The Hall–Kier alpha value is -2.20. The quantitative estimate of drug-likeness (QED) is 0.225. The first-order valence-electron chi connectivity index (χ1n) is 19.1. The van der Waals surface area contributed by atoms with Crippen LogP contribution in [0.4, 0.5) is 0 Å². The highest BCUT2D eigenvalue weighted by Gasteiger charge is 2.60. The highest BCUT2D eigenvalue weighted by atomic mass is 16.5. The zero-order valence-corrected chi connectivity index (χ0v) is 32.0. The number of carbonyl (C=O) groups excluding carboxylic acids is 4. The van der Waals surface area contributed by atoms with Crippen LogP contribution in [0.15, 0.2) is 22.8 Å². The highest BCUT2D eigenvalue weighted by Crippen LogP contribution is 2.56. The number of aliphatic hydroxyl groups excluding tert-OH is 1. The number of esters is 1. The normalized spacial score (nSPS) is 42.7. The summed E-state index contributed by atoms with van der Waals surface area (Å²) in [5.41, 5.74) is -2.00. The predicted octanol–water partition coefficient (Wildman–Crippen LogP) is 6.25. The lowest BCUT2D eigenvalue weighted by Crippen LogP contribution is -2.59. The molecule has 0 aromatic heterocycles. The van der Waals surface area contributed by atoms with E-state index in [0.717, 1.165) is 24.0 Å². The number of rotatable bonds is 2. The largest absolute Gasteiger partial charge is 0.469 e. The van der Waals surface area contributed by atoms with Gasteiger partial charge in [-0.2, -0.15) is 0 Å². The van der Waals surface area contributed by atoms with Crippen LogP contribution in [0.2, 0.25) is 0 Å². The van der Waals surface area contributed by atoms with Gasteiger partial charge < -0.3 is 24.8 Å². The van der Waals surface area contributed by atoms with Crippen molar-refractivity contribution in [1.29, 1.82) is 0 Å². The third kappa shape index (κ3) is 8.21. The van der Waals surface area contributed by atoms with Gasteiger partial charge in [-0.25, -0.2) is 0 Å². The molecule has 0 aromatic rings. The molecule has 2 aliphatic heterocycles. The molecule has 2 aliphatic carbocycles. The van der Waals surface area contributed by atoms with Crippen molar-refractivity contribution in [2.24, 2.45) is 40.9 Å². The summed E-state index contributed by atoms with van der Waals surface area (Å²) in [6, 6.07) is 0. The molecule has 50 heavy (non-hydrogen) atoms. The average Bonchev–Trinajstić information content (AvgIpc) is 3.03. The molecule has 2 fully saturated rings. The lowest BCUT2D eigenvalue weighted by molar-refractivity contribution is -0.234. The van der Waals surface area contributed by atoms with E-state index >= 15 is 0 Å². The van der Waals surface area contributed by atoms with Gasteiger partial charge in [-0.1, -0.05) is 63.3 Å². The van der Waals surface area contributed by atoms with E-state index in [9.17, 15) is 34.5 Å². The molecule has 0 spiro atoms. The Morgan fingerprint density at radius 1 is 0.920 bits per heavy atom. The molecule has 9 nitrogen and oxygen atoms in total. The van der Waals surface area contributed by atoms with Crippen LogP contribution in [0.5, 0.6) is 0 Å². The molecule has 282 valence electrons. The van der Waals surface area contributed by atoms with Gasteiger partial charge in [0.2, 0.25) is 0 Å². The minimum Gasteiger partial charge on any atom is -0.469 e. The number of hydrogen-bond acceptors (Lipinski definition) is 9. The van der Waals surface area contributed by atoms with Crippen molar-refractivity contribution < 1.29 is 44.0 Å². The fraction of sp³-hybridized carbons (Fsp3) is 0.805. The SMILES string of the molecule is COC(=O)[C@]12CC(=O)[C@H](C(C)C)CC(=O)[C@H](C)CCC[C@H](C)CC(=O)[C@H]1CC(C)=C1C[C@H](O)[C@](C)(O)[C@H]3CC[C@](C)(O)[C@H](CC/C(C)=C/[C@@H]12)O3. The van der Waals surface area contributed by atoms with Crippen molar-refractivity contribution in [1.82, 2.24) is 0 Å². The number of allylic oxidation sites excluding steroid dienone is 3. The Balaban J connectivity index is 1.97. The van der Waals surface area contributed by atoms with Crippen LogP contribution in [0.25, 0.3) is 0 Å². The van der Waals surface area contributed by atoms with Crippen molar-refractivity contribution in [3.05, 3.63) is 22.8 Å². The standard InChI is InChI=1S/C41H64O9/c1-23(2)28-20-32(42)26(5)12-10-11-24(3)18-33(43)31-19-27(6)29-21-35(45)40(8,48)37-15-16-39(7,47)36(50-37)14-13-25(4)17-30(29)41(31,22-34(28)44)38(46)49-9/h17,23-24,26,28,30-31,35-37,45,47-48H,10-16,18-22H2,1-9H3/b25-17+/t24-,26+,28-,30-,31+,35-,36-,37+,39-,40-,41-/m0/s1. The second kappa shape index (κ2) is 15.8. The molecule has 1 saturated heterocycles. The first-order valence-corrected chi connectivity index (χ1v) is 19.1. The van der Waals surface area contributed by atoms with E-state index in [1.807, 2.05) is 47.6 Å². The van der Waals surface area contributed by atoms with E-state index in [4.69, 9.17) is 9.47 Å². The van der Waals surface area contributed by atoms with E-state index in [2.05, 4.69) is 0 Å². The van der Waals surface area contributed by atoms with Crippen molar-refractivity contribution in [3.8, 4) is 0 Å². The molecule has 0 aromatic carbocycles. The van der Waals surface area contributed by atoms with E-state index in [1.54, 1.807) is 13.8 Å². The number of Topliss-reactive ketones (excluding diaryl/α,β-unsaturated/α-hetero) is 3. The molecule has 3 N–H and O–H groups in total. The zero-order valence-electron chi connectivity index (χ0n) is 32.0. The lowest BCUT2D eigenvalue weighted by Gasteiger charge is -2.50. The van der Waals surface area contributed by atoms with Crippen molar-refractivity contribution >= 4 is 23.3 Å². The maximum Gasteiger partial charge on any atom is 0.313 e. The maximum absolute atomic E-state index is 14.7. The fourth-order valence-electron chi connectivity index (χ4n) is 9.37. The van der Waals surface area contributed by atoms with Gasteiger partial charge in [0.05, 0.1) is 36.4 Å². The van der Waals surface area contributed by atoms with Crippen molar-refractivity contribution in [3.63, 3.8) is 0 Å². The number of ketones is 3. The molecule has 1 saturated carbocycles. The summed E-state index contributed by atoms with van der Waals surface area (Å²) in [7, 11) is 1.29. The summed E-state index contributed by atoms with van der Waals surface area (Å²) in [5, 5.41) is 35.0. The number of carbonyl (C=O) groups is 4. The summed E-state index contributed by atoms with van der Waals surface area (Å²) in [6.07, 6.45) is 3.52. The van der Waals surface area contributed by atoms with Crippen LogP contribution >= 0.6 is 0 Å². The first-order chi connectivity index (χ1) is 23.3. The van der Waals surface area contributed by atoms with Gasteiger partial charge in [0.1, 0.15) is 23.0 Å². The molecule has 0 radical (unpaired) electrons. The smallest absolute Gasteiger partial charge is 0.313 e. The van der Waals surface area contributed by atoms with Crippen molar-refractivity contribution in [2.45, 2.75) is 162 Å². The molecular weight excluding hydrogens is 636 g/mol. The molecule has 0 unspecified atom stereocenters. The van der Waals surface area contributed by atoms with Crippen LogP contribution in [-0.2, 0) is 28.7 Å². The summed E-state index contributed by atoms with van der Waals surface area (Å²) in [6.45, 7) is 14.9. The van der Waals surface area contributed by atoms with E-state index < -0.39 is 58.7 Å². The second-order valence-electron chi connectivity index (χ2n) is 17.4. The Morgan fingerprint density at radius 2 is 1.60 bits per heavy atom. The second-order valence-corrected chi connectivity index (χ2v) is 17.4. The summed E-state index contributed by atoms with van der Waals surface area (Å²) < 4.78 is 11.9. The van der Waals surface area contributed by atoms with Crippen LogP contribution in [0, 0.1) is 40.9 Å². The van der Waals surface area contributed by atoms with E-state index in [0.29, 0.717) is 37.7 Å². The van der Waals surface area contributed by atoms with Crippen LogP contribution in [0.3, 0.4) is 0 Å². The molecule has 9 heteroatoms. The predicted molar refractivity (Wildman–Crippen MR) is 191 cm³/mol. The Bertz CT molecular complexity index is 1360. The number of methoxy groups -OCH3 is 1. The minimum atomic E-state index is -1.69. The third-order valence-electron chi connectivity index (χ3n) is 13.0. The number of ether oxygens (including phenoxy) is 2. The van der Waals surface area contributed by atoms with Gasteiger partial charge in [0, 0.05) is 42.9 Å². The highest BCUT2D eigenvalue weighted by molar-refractivity contribution is 5.97. The maximum atomic E-state index is 14.7. The minimum absolute atomic E-state index is 0.0118. The van der Waals surface area contributed by atoms with Crippen molar-refractivity contribution in [2.75, 3.05) is 7.11 Å². The summed E-state index contributed by atoms with van der Waals surface area (Å²) in [5.74, 6) is -3.59. The van der Waals surface area contributed by atoms with E-state index in [1.165, 1.54) is 7.11 Å². The molecular formula is C41H64O9. The van der Waals surface area contributed by atoms with Gasteiger partial charge in [-0.3, -0.25) is 19.2 Å². The molecule has 4 rings (SSSR count). The topological polar surface area (TPSA) is 147 Å². The van der Waals surface area contributed by atoms with Crippen LogP contribution in [-0.4, -0.2) is 75.3 Å². The Labute approximate surface area is 299 Å². The monoisotopic (exact) mass is 700 g/mol. The molecule has 2 heterocycles. The number of hydrogen-bond donors (Lipinski definition) is 3. The number of fused-ring (bicyclic) bond motifs is 5. The zero-order chi connectivity index (χ0) is 37.3. The van der Waals surface area contributed by atoms with Gasteiger partial charge in [-0.05, 0) is 84.5 Å². The Kier molecular flexibility index (Phi) is 12.8. The number of aliphatic hydroxyl groups is 3. The molecule has 0 amide bonds. The van der Waals surface area contributed by atoms with Crippen LogP contribution in [0.1, 0.15) is 132 Å². The third-order valence-corrected chi connectivity index (χ3v) is 13.0.